The van der Waals surface area contributed by atoms with E-state index in [0.717, 1.165) is 24.5 Å². The first-order valence-corrected chi connectivity index (χ1v) is 9.16. The van der Waals surface area contributed by atoms with E-state index < -0.39 is 0 Å². The summed E-state index contributed by atoms with van der Waals surface area (Å²) in [5.41, 5.74) is 4.25. The van der Waals surface area contributed by atoms with Crippen LogP contribution in [-0.4, -0.2) is 23.4 Å². The molecule has 0 spiro atoms. The quantitative estimate of drug-likeness (QED) is 0.341. The first kappa shape index (κ1) is 19.7. The van der Waals surface area contributed by atoms with Crippen molar-refractivity contribution < 1.29 is 17.9 Å². The van der Waals surface area contributed by atoms with Crippen LogP contribution in [0.2, 0.25) is 0 Å². The van der Waals surface area contributed by atoms with Gasteiger partial charge in [0.25, 0.3) is 0 Å². The van der Waals surface area contributed by atoms with Gasteiger partial charge in [-0.2, -0.15) is 5.10 Å². The van der Waals surface area contributed by atoms with Gasteiger partial charge in [0.2, 0.25) is 0 Å². The number of halogens is 2. The van der Waals surface area contributed by atoms with Gasteiger partial charge in [-0.1, -0.05) is 18.2 Å². The van der Waals surface area contributed by atoms with E-state index >= 15 is 0 Å². The van der Waals surface area contributed by atoms with Crippen molar-refractivity contribution in [1.29, 1.82) is 0 Å². The second-order valence-electron chi connectivity index (χ2n) is 3.82. The van der Waals surface area contributed by atoms with Crippen molar-refractivity contribution in [3.63, 3.8) is 0 Å². The Bertz CT molecular complexity index is 631. The van der Waals surface area contributed by atoms with E-state index in [1.165, 1.54) is 0 Å². The van der Waals surface area contributed by atoms with Gasteiger partial charge >= 0.3 is 33.3 Å². The zero-order chi connectivity index (χ0) is 16.9. The van der Waals surface area contributed by atoms with Gasteiger partial charge in [0, 0.05) is 6.20 Å². The molecule has 2 aromatic rings. The Hall–Kier alpha value is -1.37. The van der Waals surface area contributed by atoms with Crippen LogP contribution in [0, 0.1) is 0 Å². The number of nitrogens with one attached hydrogen (secondary N) is 2. The number of rotatable bonds is 4. The van der Waals surface area contributed by atoms with Gasteiger partial charge in [0.15, 0.2) is 5.11 Å². The summed E-state index contributed by atoms with van der Waals surface area (Å²) in [6.45, 7) is 0. The summed E-state index contributed by atoms with van der Waals surface area (Å²) in [7, 11) is 10.9. The minimum atomic E-state index is 0.377. The van der Waals surface area contributed by atoms with Gasteiger partial charge in [0.1, 0.15) is 5.75 Å². The average Bonchev–Trinajstić information content (AvgIpc) is 2.57. The molecule has 23 heavy (non-hydrogen) atoms. The molecule has 0 atom stereocenters. The van der Waals surface area contributed by atoms with Crippen molar-refractivity contribution in [3.05, 3.63) is 54.4 Å². The maximum atomic E-state index is 5.22. The molecule has 1 aromatic heterocycles. The Kier molecular flexibility index (Phi) is 10.4. The first-order valence-electron chi connectivity index (χ1n) is 6.16. The van der Waals surface area contributed by atoms with E-state index in [9.17, 15) is 0 Å². The molecule has 0 aliphatic heterocycles. The number of hydrazone groups is 1. The zero-order valence-electron chi connectivity index (χ0n) is 12.0. The predicted molar refractivity (Wildman–Crippen MR) is 95.9 cm³/mol. The van der Waals surface area contributed by atoms with Crippen molar-refractivity contribution in [2.24, 2.45) is 5.10 Å². The number of aromatic nitrogens is 1. The van der Waals surface area contributed by atoms with Crippen LogP contribution in [0.3, 0.4) is 0 Å². The number of ether oxygens (including phenoxy) is 1. The molecule has 0 saturated carbocycles. The fourth-order valence-corrected chi connectivity index (χ4v) is 1.67. The molecule has 0 radical (unpaired) electrons. The SMILES string of the molecule is COc1ccccc1NC(=S)NN=Cc1ccccn1.[Cl][Cu][Cl]. The van der Waals surface area contributed by atoms with Crippen molar-refractivity contribution in [3.8, 4) is 5.75 Å². The summed E-state index contributed by atoms with van der Waals surface area (Å²) in [5.74, 6) is 0.713. The molecule has 0 amide bonds. The summed E-state index contributed by atoms with van der Waals surface area (Å²) in [4.78, 5) is 4.11. The first-order chi connectivity index (χ1) is 11.2. The monoisotopic (exact) mass is 419 g/mol. The third kappa shape index (κ3) is 8.16. The predicted octanol–water partition coefficient (Wildman–Crippen LogP) is 3.79. The zero-order valence-corrected chi connectivity index (χ0v) is 15.2. The molecular weight excluding hydrogens is 407 g/mol. The summed E-state index contributed by atoms with van der Waals surface area (Å²) in [6.07, 6.45) is 3.29. The van der Waals surface area contributed by atoms with Gasteiger partial charge in [-0.25, -0.2) is 0 Å². The van der Waals surface area contributed by atoms with Gasteiger partial charge in [-0.3, -0.25) is 10.4 Å². The van der Waals surface area contributed by atoms with Crippen LogP contribution in [-0.2, 0) is 13.1 Å². The van der Waals surface area contributed by atoms with Gasteiger partial charge in [-0.15, -0.1) is 0 Å². The van der Waals surface area contributed by atoms with Crippen molar-refractivity contribution in [2.45, 2.75) is 0 Å². The average molecular weight is 421 g/mol. The molecule has 127 valence electrons. The number of thiocarbonyl (C=S) groups is 1. The van der Waals surface area contributed by atoms with Crippen LogP contribution in [0.25, 0.3) is 0 Å². The molecule has 0 aliphatic rings. The van der Waals surface area contributed by atoms with Crippen LogP contribution in [0.15, 0.2) is 53.8 Å². The summed E-state index contributed by atoms with van der Waals surface area (Å²) < 4.78 is 5.22. The Morgan fingerprint density at radius 1 is 1.26 bits per heavy atom. The van der Waals surface area contributed by atoms with Crippen molar-refractivity contribution in [2.75, 3.05) is 12.4 Å². The third-order valence-electron chi connectivity index (χ3n) is 2.41. The topological polar surface area (TPSA) is 58.5 Å². The maximum absolute atomic E-state index is 5.22. The molecular formula is C14H14Cl2CuN4OS. The summed E-state index contributed by atoms with van der Waals surface area (Å²) >= 11 is 5.90. The van der Waals surface area contributed by atoms with Gasteiger partial charge in [-0.05, 0) is 36.5 Å². The van der Waals surface area contributed by atoms with Crippen molar-refractivity contribution >= 4 is 49.4 Å². The Morgan fingerprint density at radius 3 is 2.61 bits per heavy atom. The van der Waals surface area contributed by atoms with Crippen LogP contribution in [0.1, 0.15) is 5.69 Å². The molecule has 9 heteroatoms. The number of hydrogen-bond donors (Lipinski definition) is 2. The number of nitrogens with zero attached hydrogens (tertiary/aromatic N) is 2. The molecule has 2 N–H and O–H groups in total. The third-order valence-corrected chi connectivity index (χ3v) is 2.60. The molecule has 1 heterocycles. The molecule has 5 nitrogen and oxygen atoms in total. The molecule has 2 rings (SSSR count). The number of hydrogen-bond acceptors (Lipinski definition) is 4. The number of para-hydroxylation sites is 2. The van der Waals surface area contributed by atoms with E-state index in [1.54, 1.807) is 19.5 Å². The normalized spacial score (nSPS) is 9.87. The molecule has 0 aliphatic carbocycles. The fraction of sp³-hybridized carbons (Fsp3) is 0.0714. The van der Waals surface area contributed by atoms with E-state index in [2.05, 4.69) is 41.0 Å². The number of methoxy groups -OCH3 is 1. The molecule has 0 saturated heterocycles. The summed E-state index contributed by atoms with van der Waals surface area (Å²) in [5, 5.41) is 7.40. The second-order valence-corrected chi connectivity index (χ2v) is 5.79. The molecule has 0 unspecified atom stereocenters. The van der Waals surface area contributed by atoms with Gasteiger partial charge in [0.05, 0.1) is 24.7 Å². The Morgan fingerprint density at radius 2 is 1.96 bits per heavy atom. The second kappa shape index (κ2) is 12.1. The van der Waals surface area contributed by atoms with E-state index in [0.29, 0.717) is 10.9 Å². The van der Waals surface area contributed by atoms with Crippen LogP contribution >= 0.6 is 32.4 Å². The Labute approximate surface area is 155 Å². The number of pyridine rings is 1. The summed E-state index contributed by atoms with van der Waals surface area (Å²) in [6, 6.07) is 13.1. The number of benzene rings is 1. The van der Waals surface area contributed by atoms with Crippen LogP contribution < -0.4 is 15.5 Å². The van der Waals surface area contributed by atoms with Crippen LogP contribution in [0.4, 0.5) is 5.69 Å². The fourth-order valence-electron chi connectivity index (χ4n) is 1.51. The molecule has 0 bridgehead atoms. The number of anilines is 1. The minimum absolute atomic E-state index is 0.377. The van der Waals surface area contributed by atoms with E-state index in [-0.39, 0.29) is 0 Å². The van der Waals surface area contributed by atoms with Crippen LogP contribution in [0.5, 0.6) is 5.75 Å². The van der Waals surface area contributed by atoms with Gasteiger partial charge < -0.3 is 10.1 Å². The molecule has 0 fully saturated rings. The molecule has 1 aromatic carbocycles. The standard InChI is InChI=1S/C14H14N4OS.2ClH.Cu/c1-19-13-8-3-2-7-12(13)17-14(20)18-16-10-11-6-4-5-9-15-11;;;/h2-10H,1H3,(H2,17,18,20);2*1H;/q;;;+2/p-2. The van der Waals surface area contributed by atoms with E-state index in [4.69, 9.17) is 17.0 Å². The van der Waals surface area contributed by atoms with E-state index in [1.807, 2.05) is 42.5 Å². The Balaban J connectivity index is 0.000000816. The van der Waals surface area contributed by atoms with Crippen molar-refractivity contribution in [1.82, 2.24) is 10.4 Å².